The Balaban J connectivity index is 1.76. The normalized spacial score (nSPS) is 18.6. The summed E-state index contributed by atoms with van der Waals surface area (Å²) in [6.45, 7) is 5.57. The van der Waals surface area contributed by atoms with Gasteiger partial charge < -0.3 is 15.4 Å². The third-order valence-corrected chi connectivity index (χ3v) is 3.50. The van der Waals surface area contributed by atoms with Gasteiger partial charge in [0.05, 0.1) is 5.69 Å². The van der Waals surface area contributed by atoms with Crippen molar-refractivity contribution < 1.29 is 9.53 Å². The number of carbonyl (C=O) groups is 1. The van der Waals surface area contributed by atoms with Crippen molar-refractivity contribution >= 4 is 5.91 Å². The Bertz CT molecular complexity index is 450. The number of nitrogens with zero attached hydrogens (tertiary/aromatic N) is 2. The van der Waals surface area contributed by atoms with E-state index >= 15 is 0 Å². The first-order valence-corrected chi connectivity index (χ1v) is 6.71. The lowest BCUT2D eigenvalue weighted by atomic mass is 10.2. The SMILES string of the molecule is Cc1nn(C)c(C)c1OCC(=O)NCC1CCCN1. The Morgan fingerprint density at radius 3 is 2.95 bits per heavy atom. The van der Waals surface area contributed by atoms with Gasteiger partial charge >= 0.3 is 0 Å². The molecule has 1 aromatic heterocycles. The number of hydrogen-bond acceptors (Lipinski definition) is 4. The van der Waals surface area contributed by atoms with E-state index in [1.807, 2.05) is 20.9 Å². The molecule has 2 rings (SSSR count). The van der Waals surface area contributed by atoms with Gasteiger partial charge in [0.25, 0.3) is 5.91 Å². The molecule has 1 fully saturated rings. The minimum Gasteiger partial charge on any atom is -0.480 e. The summed E-state index contributed by atoms with van der Waals surface area (Å²) >= 11 is 0. The summed E-state index contributed by atoms with van der Waals surface area (Å²) < 4.78 is 7.30. The van der Waals surface area contributed by atoms with Gasteiger partial charge in [-0.05, 0) is 33.2 Å². The standard InChI is InChI=1S/C13H22N4O2/c1-9-13(10(2)17(3)16-9)19-8-12(18)15-7-11-5-4-6-14-11/h11,14H,4-8H2,1-3H3,(H,15,18). The predicted octanol–water partition coefficient (Wildman–Crippen LogP) is 0.284. The highest BCUT2D eigenvalue weighted by atomic mass is 16.5. The van der Waals surface area contributed by atoms with E-state index in [4.69, 9.17) is 4.74 Å². The molecule has 19 heavy (non-hydrogen) atoms. The van der Waals surface area contributed by atoms with Crippen molar-refractivity contribution in [3.63, 3.8) is 0 Å². The van der Waals surface area contributed by atoms with Crippen LogP contribution >= 0.6 is 0 Å². The minimum atomic E-state index is -0.0867. The third kappa shape index (κ3) is 3.47. The van der Waals surface area contributed by atoms with Gasteiger partial charge in [0.15, 0.2) is 12.4 Å². The smallest absolute Gasteiger partial charge is 0.257 e. The lowest BCUT2D eigenvalue weighted by Crippen LogP contribution is -2.39. The summed E-state index contributed by atoms with van der Waals surface area (Å²) in [7, 11) is 1.86. The summed E-state index contributed by atoms with van der Waals surface area (Å²) in [5.74, 6) is 0.619. The van der Waals surface area contributed by atoms with Crippen molar-refractivity contribution in [1.82, 2.24) is 20.4 Å². The van der Waals surface area contributed by atoms with Crippen LogP contribution in [0.15, 0.2) is 0 Å². The molecule has 1 aliphatic heterocycles. The maximum Gasteiger partial charge on any atom is 0.257 e. The number of hydrogen-bond donors (Lipinski definition) is 2. The van der Waals surface area contributed by atoms with E-state index in [0.29, 0.717) is 18.3 Å². The second kappa shape index (κ2) is 6.06. The van der Waals surface area contributed by atoms with Gasteiger partial charge in [0, 0.05) is 19.6 Å². The van der Waals surface area contributed by atoms with E-state index in [2.05, 4.69) is 15.7 Å². The average molecular weight is 266 g/mol. The van der Waals surface area contributed by atoms with E-state index in [-0.39, 0.29) is 12.5 Å². The zero-order valence-electron chi connectivity index (χ0n) is 11.8. The highest BCUT2D eigenvalue weighted by molar-refractivity contribution is 5.77. The largest absolute Gasteiger partial charge is 0.480 e. The molecule has 1 atom stereocenters. The summed E-state index contributed by atoms with van der Waals surface area (Å²) in [5, 5.41) is 10.5. The van der Waals surface area contributed by atoms with Crippen LogP contribution in [-0.2, 0) is 11.8 Å². The summed E-state index contributed by atoms with van der Waals surface area (Å²) in [4.78, 5) is 11.7. The minimum absolute atomic E-state index is 0.0418. The first-order valence-electron chi connectivity index (χ1n) is 6.71. The fourth-order valence-corrected chi connectivity index (χ4v) is 2.32. The van der Waals surface area contributed by atoms with E-state index in [1.54, 1.807) is 4.68 Å². The first kappa shape index (κ1) is 13.9. The molecular weight excluding hydrogens is 244 g/mol. The topological polar surface area (TPSA) is 68.2 Å². The van der Waals surface area contributed by atoms with Crippen molar-refractivity contribution in [3.05, 3.63) is 11.4 Å². The molecule has 1 amide bonds. The number of carbonyl (C=O) groups excluding carboxylic acids is 1. The maximum atomic E-state index is 11.7. The maximum absolute atomic E-state index is 11.7. The van der Waals surface area contributed by atoms with Gasteiger partial charge in [-0.3, -0.25) is 9.48 Å². The zero-order chi connectivity index (χ0) is 13.8. The molecule has 6 heteroatoms. The second-order valence-corrected chi connectivity index (χ2v) is 5.01. The number of amides is 1. The lowest BCUT2D eigenvalue weighted by molar-refractivity contribution is -0.123. The van der Waals surface area contributed by atoms with Crippen LogP contribution in [0.3, 0.4) is 0 Å². The Labute approximate surface area is 113 Å². The summed E-state index contributed by atoms with van der Waals surface area (Å²) in [5.41, 5.74) is 1.74. The van der Waals surface area contributed by atoms with Crippen LogP contribution in [0.2, 0.25) is 0 Å². The van der Waals surface area contributed by atoms with Gasteiger partial charge in [-0.2, -0.15) is 5.10 Å². The molecule has 0 radical (unpaired) electrons. The van der Waals surface area contributed by atoms with Gasteiger partial charge in [-0.15, -0.1) is 0 Å². The van der Waals surface area contributed by atoms with Crippen molar-refractivity contribution in [3.8, 4) is 5.75 Å². The molecular formula is C13H22N4O2. The van der Waals surface area contributed by atoms with Crippen molar-refractivity contribution in [2.75, 3.05) is 19.7 Å². The quantitative estimate of drug-likeness (QED) is 0.803. The highest BCUT2D eigenvalue weighted by Gasteiger charge is 2.16. The van der Waals surface area contributed by atoms with Crippen LogP contribution in [0.5, 0.6) is 5.75 Å². The molecule has 1 aromatic rings. The van der Waals surface area contributed by atoms with Crippen molar-refractivity contribution in [1.29, 1.82) is 0 Å². The predicted molar refractivity (Wildman–Crippen MR) is 72.2 cm³/mol. The van der Waals surface area contributed by atoms with E-state index in [0.717, 1.165) is 24.4 Å². The van der Waals surface area contributed by atoms with Crippen LogP contribution in [0.4, 0.5) is 0 Å². The zero-order valence-corrected chi connectivity index (χ0v) is 11.8. The molecule has 1 unspecified atom stereocenters. The number of nitrogens with one attached hydrogen (secondary N) is 2. The second-order valence-electron chi connectivity index (χ2n) is 5.01. The molecule has 0 spiro atoms. The van der Waals surface area contributed by atoms with E-state index in [9.17, 15) is 4.79 Å². The molecule has 2 heterocycles. The van der Waals surface area contributed by atoms with Crippen LogP contribution in [0.1, 0.15) is 24.2 Å². The molecule has 0 aliphatic carbocycles. The molecule has 1 saturated heterocycles. The van der Waals surface area contributed by atoms with Crippen LogP contribution in [-0.4, -0.2) is 41.4 Å². The van der Waals surface area contributed by atoms with Crippen LogP contribution in [0.25, 0.3) is 0 Å². The number of aromatic nitrogens is 2. The highest BCUT2D eigenvalue weighted by Crippen LogP contribution is 2.20. The molecule has 0 saturated carbocycles. The number of rotatable bonds is 5. The first-order chi connectivity index (χ1) is 9.08. The molecule has 0 aromatic carbocycles. The average Bonchev–Trinajstić information content (AvgIpc) is 2.96. The Morgan fingerprint density at radius 1 is 1.58 bits per heavy atom. The van der Waals surface area contributed by atoms with Crippen LogP contribution in [0, 0.1) is 13.8 Å². The Hall–Kier alpha value is -1.56. The van der Waals surface area contributed by atoms with Crippen LogP contribution < -0.4 is 15.4 Å². The Kier molecular flexibility index (Phi) is 4.42. The molecule has 106 valence electrons. The molecule has 1 aliphatic rings. The van der Waals surface area contributed by atoms with Gasteiger partial charge in [0.2, 0.25) is 0 Å². The van der Waals surface area contributed by atoms with Crippen molar-refractivity contribution in [2.24, 2.45) is 7.05 Å². The monoisotopic (exact) mass is 266 g/mol. The van der Waals surface area contributed by atoms with Gasteiger partial charge in [-0.1, -0.05) is 0 Å². The van der Waals surface area contributed by atoms with Gasteiger partial charge in [0.1, 0.15) is 5.69 Å². The fourth-order valence-electron chi connectivity index (χ4n) is 2.32. The number of aryl methyl sites for hydroxylation is 2. The van der Waals surface area contributed by atoms with Gasteiger partial charge in [-0.25, -0.2) is 0 Å². The summed E-state index contributed by atoms with van der Waals surface area (Å²) in [6, 6.07) is 0.408. The Morgan fingerprint density at radius 2 is 2.37 bits per heavy atom. The fraction of sp³-hybridized carbons (Fsp3) is 0.692. The van der Waals surface area contributed by atoms with E-state index < -0.39 is 0 Å². The lowest BCUT2D eigenvalue weighted by Gasteiger charge is -2.12. The molecule has 2 N–H and O–H groups in total. The van der Waals surface area contributed by atoms with E-state index in [1.165, 1.54) is 6.42 Å². The summed E-state index contributed by atoms with van der Waals surface area (Å²) in [6.07, 6.45) is 2.31. The van der Waals surface area contributed by atoms with Crippen molar-refractivity contribution in [2.45, 2.75) is 32.7 Å². The molecule has 6 nitrogen and oxygen atoms in total. The molecule has 0 bridgehead atoms. The number of ether oxygens (including phenoxy) is 1. The third-order valence-electron chi connectivity index (χ3n) is 3.50.